The Morgan fingerprint density at radius 3 is 1.97 bits per heavy atom. The molecule has 1 aliphatic rings. The number of nitrogens with zero attached hydrogens (tertiary/aromatic N) is 2. The van der Waals surface area contributed by atoms with Gasteiger partial charge in [0.2, 0.25) is 0 Å². The second-order valence-corrected chi connectivity index (χ2v) is 11.1. The van der Waals surface area contributed by atoms with Crippen LogP contribution in [-0.4, -0.2) is 65.3 Å². The van der Waals surface area contributed by atoms with Gasteiger partial charge in [-0.25, -0.2) is 18.4 Å². The SMILES string of the molecule is CC(C)(C)OC(=O)Nc1ccc(-c2cccc(C(F)F)c2)cc1C(=O)N1CCN(C(=O)OC(C)(C)C)CC1. The van der Waals surface area contributed by atoms with E-state index < -0.39 is 29.8 Å². The number of anilines is 1. The van der Waals surface area contributed by atoms with E-state index >= 15 is 0 Å². The van der Waals surface area contributed by atoms with E-state index in [0.29, 0.717) is 11.1 Å². The van der Waals surface area contributed by atoms with E-state index in [1.807, 2.05) is 0 Å². The summed E-state index contributed by atoms with van der Waals surface area (Å²) >= 11 is 0. The van der Waals surface area contributed by atoms with Gasteiger partial charge in [0.25, 0.3) is 12.3 Å². The van der Waals surface area contributed by atoms with Crippen molar-refractivity contribution in [3.05, 3.63) is 53.6 Å². The molecule has 0 aromatic heterocycles. The molecule has 0 saturated carbocycles. The molecule has 206 valence electrons. The van der Waals surface area contributed by atoms with Crippen molar-refractivity contribution in [3.63, 3.8) is 0 Å². The number of carbonyl (C=O) groups excluding carboxylic acids is 3. The van der Waals surface area contributed by atoms with Crippen molar-refractivity contribution in [1.29, 1.82) is 0 Å². The second kappa shape index (κ2) is 11.4. The normalized spacial score (nSPS) is 14.3. The molecule has 2 aromatic rings. The molecule has 1 saturated heterocycles. The van der Waals surface area contributed by atoms with E-state index in [-0.39, 0.29) is 48.9 Å². The highest BCUT2D eigenvalue weighted by molar-refractivity contribution is 6.04. The number of amides is 3. The third-order valence-electron chi connectivity index (χ3n) is 5.58. The Morgan fingerprint density at radius 1 is 0.816 bits per heavy atom. The van der Waals surface area contributed by atoms with Gasteiger partial charge in [-0.3, -0.25) is 10.1 Å². The largest absolute Gasteiger partial charge is 0.444 e. The van der Waals surface area contributed by atoms with Crippen molar-refractivity contribution in [2.45, 2.75) is 59.2 Å². The van der Waals surface area contributed by atoms with Gasteiger partial charge in [-0.2, -0.15) is 0 Å². The smallest absolute Gasteiger partial charge is 0.412 e. The van der Waals surface area contributed by atoms with Crippen molar-refractivity contribution in [1.82, 2.24) is 9.80 Å². The van der Waals surface area contributed by atoms with Crippen LogP contribution in [0, 0.1) is 0 Å². The van der Waals surface area contributed by atoms with E-state index in [1.54, 1.807) is 75.6 Å². The molecule has 3 amide bonds. The van der Waals surface area contributed by atoms with Crippen LogP contribution in [0.4, 0.5) is 24.1 Å². The lowest BCUT2D eigenvalue weighted by Gasteiger charge is -2.36. The molecule has 1 fully saturated rings. The van der Waals surface area contributed by atoms with Crippen molar-refractivity contribution < 1.29 is 32.6 Å². The molecule has 1 aliphatic heterocycles. The average Bonchev–Trinajstić information content (AvgIpc) is 2.81. The first-order valence-corrected chi connectivity index (χ1v) is 12.4. The number of benzene rings is 2. The summed E-state index contributed by atoms with van der Waals surface area (Å²) in [6.45, 7) is 11.6. The summed E-state index contributed by atoms with van der Waals surface area (Å²) in [5.41, 5.74) is -0.0527. The Labute approximate surface area is 221 Å². The van der Waals surface area contributed by atoms with Crippen LogP contribution >= 0.6 is 0 Å². The van der Waals surface area contributed by atoms with E-state index in [9.17, 15) is 23.2 Å². The summed E-state index contributed by atoms with van der Waals surface area (Å²) in [5, 5.41) is 2.63. The molecule has 0 aliphatic carbocycles. The Kier molecular flexibility index (Phi) is 8.64. The molecule has 0 bridgehead atoms. The number of nitrogens with one attached hydrogen (secondary N) is 1. The molecule has 3 rings (SSSR count). The number of piperazine rings is 1. The average molecular weight is 532 g/mol. The molecule has 0 radical (unpaired) electrons. The number of rotatable bonds is 4. The summed E-state index contributed by atoms with van der Waals surface area (Å²) in [6.07, 6.45) is -3.81. The Hall–Kier alpha value is -3.69. The van der Waals surface area contributed by atoms with Gasteiger partial charge in [0.05, 0.1) is 11.3 Å². The van der Waals surface area contributed by atoms with E-state index in [1.165, 1.54) is 18.2 Å². The Morgan fingerprint density at radius 2 is 1.39 bits per heavy atom. The number of carbonyl (C=O) groups is 3. The van der Waals surface area contributed by atoms with Crippen LogP contribution < -0.4 is 5.32 Å². The summed E-state index contributed by atoms with van der Waals surface area (Å²) in [7, 11) is 0. The van der Waals surface area contributed by atoms with Crippen molar-refractivity contribution in [2.24, 2.45) is 0 Å². The highest BCUT2D eigenvalue weighted by Crippen LogP contribution is 2.30. The first kappa shape index (κ1) is 28.9. The molecular formula is C28H35F2N3O5. The highest BCUT2D eigenvalue weighted by atomic mass is 19.3. The first-order valence-electron chi connectivity index (χ1n) is 12.4. The monoisotopic (exact) mass is 531 g/mol. The van der Waals surface area contributed by atoms with E-state index in [0.717, 1.165) is 0 Å². The minimum absolute atomic E-state index is 0.135. The zero-order valence-electron chi connectivity index (χ0n) is 22.6. The minimum atomic E-state index is -2.63. The first-order chi connectivity index (χ1) is 17.6. The highest BCUT2D eigenvalue weighted by Gasteiger charge is 2.29. The lowest BCUT2D eigenvalue weighted by Crippen LogP contribution is -2.51. The topological polar surface area (TPSA) is 88.2 Å². The number of halogens is 2. The molecule has 1 N–H and O–H groups in total. The van der Waals surface area contributed by atoms with Gasteiger partial charge in [-0.1, -0.05) is 24.3 Å². The predicted octanol–water partition coefficient (Wildman–Crippen LogP) is 6.33. The molecular weight excluding hydrogens is 496 g/mol. The van der Waals surface area contributed by atoms with Gasteiger partial charge in [0.15, 0.2) is 0 Å². The maximum Gasteiger partial charge on any atom is 0.412 e. The summed E-state index contributed by atoms with van der Waals surface area (Å²) in [5.74, 6) is -0.369. The number of hydrogen-bond acceptors (Lipinski definition) is 5. The Balaban J connectivity index is 1.88. The van der Waals surface area contributed by atoms with Crippen molar-refractivity contribution >= 4 is 23.8 Å². The zero-order chi connectivity index (χ0) is 28.3. The molecule has 38 heavy (non-hydrogen) atoms. The predicted molar refractivity (Wildman–Crippen MR) is 140 cm³/mol. The van der Waals surface area contributed by atoms with Gasteiger partial charge in [0.1, 0.15) is 11.2 Å². The summed E-state index contributed by atoms with van der Waals surface area (Å²) in [6, 6.07) is 10.7. The molecule has 0 unspecified atom stereocenters. The summed E-state index contributed by atoms with van der Waals surface area (Å²) in [4.78, 5) is 41.7. The van der Waals surface area contributed by atoms with E-state index in [2.05, 4.69) is 5.32 Å². The molecule has 8 nitrogen and oxygen atoms in total. The van der Waals surface area contributed by atoms with Crippen LogP contribution in [-0.2, 0) is 9.47 Å². The molecule has 0 spiro atoms. The van der Waals surface area contributed by atoms with Crippen LogP contribution in [0.2, 0.25) is 0 Å². The van der Waals surface area contributed by atoms with E-state index in [4.69, 9.17) is 9.47 Å². The van der Waals surface area contributed by atoms with Crippen molar-refractivity contribution in [3.8, 4) is 11.1 Å². The Bertz CT molecular complexity index is 1180. The second-order valence-electron chi connectivity index (χ2n) is 11.1. The third kappa shape index (κ3) is 7.90. The minimum Gasteiger partial charge on any atom is -0.444 e. The fraction of sp³-hybridized carbons (Fsp3) is 0.464. The number of hydrogen-bond donors (Lipinski definition) is 1. The van der Waals surface area contributed by atoms with Gasteiger partial charge < -0.3 is 19.3 Å². The van der Waals surface area contributed by atoms with Gasteiger partial charge in [0, 0.05) is 31.7 Å². The standard InChI is InChI=1S/C28H35F2N3O5/c1-27(2,3)37-25(35)31-22-11-10-19(18-8-7-9-20(16-18)23(29)30)17-21(22)24(34)32-12-14-33(15-13-32)26(36)38-28(4,5)6/h7-11,16-17,23H,12-15H2,1-6H3,(H,31,35). The van der Waals surface area contributed by atoms with Crippen LogP contribution in [0.1, 0.15) is 63.9 Å². The molecule has 1 heterocycles. The lowest BCUT2D eigenvalue weighted by molar-refractivity contribution is 0.0140. The van der Waals surface area contributed by atoms with Gasteiger partial charge in [-0.05, 0) is 70.9 Å². The van der Waals surface area contributed by atoms with Gasteiger partial charge >= 0.3 is 12.2 Å². The van der Waals surface area contributed by atoms with Gasteiger partial charge in [-0.15, -0.1) is 0 Å². The zero-order valence-corrected chi connectivity index (χ0v) is 22.6. The van der Waals surface area contributed by atoms with Crippen LogP contribution in [0.5, 0.6) is 0 Å². The van der Waals surface area contributed by atoms with Crippen LogP contribution in [0.15, 0.2) is 42.5 Å². The molecule has 0 atom stereocenters. The lowest BCUT2D eigenvalue weighted by atomic mass is 9.99. The maximum absolute atomic E-state index is 13.6. The quantitative estimate of drug-likeness (QED) is 0.498. The fourth-order valence-corrected chi connectivity index (χ4v) is 3.87. The van der Waals surface area contributed by atoms with Crippen LogP contribution in [0.3, 0.4) is 0 Å². The third-order valence-corrected chi connectivity index (χ3v) is 5.58. The number of alkyl halides is 2. The fourth-order valence-electron chi connectivity index (χ4n) is 3.87. The van der Waals surface area contributed by atoms with Crippen LogP contribution in [0.25, 0.3) is 11.1 Å². The molecule has 2 aromatic carbocycles. The summed E-state index contributed by atoms with van der Waals surface area (Å²) < 4.78 is 37.3. The number of ether oxygens (including phenoxy) is 2. The maximum atomic E-state index is 13.6. The molecule has 10 heteroatoms. The van der Waals surface area contributed by atoms with Crippen molar-refractivity contribution in [2.75, 3.05) is 31.5 Å².